The molecule has 1 amide bonds. The maximum absolute atomic E-state index is 12.2. The monoisotopic (exact) mass is 389 g/mol. The third kappa shape index (κ3) is 4.07. The molecule has 0 atom stereocenters. The van der Waals surface area contributed by atoms with Crippen molar-refractivity contribution in [3.8, 4) is 0 Å². The first kappa shape index (κ1) is 18.3. The van der Waals surface area contributed by atoms with Crippen molar-refractivity contribution in [2.75, 3.05) is 11.1 Å². The highest BCUT2D eigenvalue weighted by molar-refractivity contribution is 7.99. The van der Waals surface area contributed by atoms with E-state index < -0.39 is 0 Å². The number of benzene rings is 2. The minimum absolute atomic E-state index is 0.0755. The fourth-order valence-electron chi connectivity index (χ4n) is 3.04. The lowest BCUT2D eigenvalue weighted by atomic mass is 10.1. The Kier molecular flexibility index (Phi) is 5.12. The summed E-state index contributed by atoms with van der Waals surface area (Å²) in [5.74, 6) is 0.723. The summed E-state index contributed by atoms with van der Waals surface area (Å²) >= 11 is 1.44. The van der Waals surface area contributed by atoms with E-state index in [0.29, 0.717) is 22.8 Å². The molecule has 6 heteroatoms. The molecule has 2 aromatic heterocycles. The molecule has 0 aliphatic carbocycles. The van der Waals surface area contributed by atoms with E-state index in [2.05, 4.69) is 10.3 Å². The number of carbonyl (C=O) groups is 1. The molecule has 2 aromatic carbocycles. The molecule has 4 aromatic rings. The van der Waals surface area contributed by atoms with Crippen LogP contribution in [0, 0.1) is 6.92 Å². The zero-order chi connectivity index (χ0) is 19.5. The summed E-state index contributed by atoms with van der Waals surface area (Å²) in [6.45, 7) is 1.93. The van der Waals surface area contributed by atoms with Crippen LogP contribution >= 0.6 is 11.8 Å². The van der Waals surface area contributed by atoms with E-state index in [9.17, 15) is 9.59 Å². The van der Waals surface area contributed by atoms with Crippen LogP contribution in [0.1, 0.15) is 11.3 Å². The van der Waals surface area contributed by atoms with Crippen LogP contribution in [0.5, 0.6) is 0 Å². The molecule has 4 rings (SSSR count). The van der Waals surface area contributed by atoms with Gasteiger partial charge < -0.3 is 5.32 Å². The zero-order valence-corrected chi connectivity index (χ0v) is 16.2. The van der Waals surface area contributed by atoms with Crippen molar-refractivity contribution in [3.05, 3.63) is 88.5 Å². The number of thioether (sulfide) groups is 1. The average Bonchev–Trinajstić information content (AvgIpc) is 2.68. The molecule has 5 nitrogen and oxygen atoms in total. The molecule has 0 spiro atoms. The highest BCUT2D eigenvalue weighted by Crippen LogP contribution is 2.19. The molecule has 140 valence electrons. The van der Waals surface area contributed by atoms with Crippen LogP contribution in [0.15, 0.2) is 71.7 Å². The Hall–Kier alpha value is -3.12. The van der Waals surface area contributed by atoms with Gasteiger partial charge in [-0.15, -0.1) is 11.8 Å². The van der Waals surface area contributed by atoms with Gasteiger partial charge in [-0.1, -0.05) is 36.4 Å². The van der Waals surface area contributed by atoms with Crippen molar-refractivity contribution >= 4 is 39.8 Å². The number of nitrogens with zero attached hydrogens (tertiary/aromatic N) is 2. The van der Waals surface area contributed by atoms with Crippen molar-refractivity contribution in [2.45, 2.75) is 12.7 Å². The summed E-state index contributed by atoms with van der Waals surface area (Å²) in [6.07, 6.45) is 1.78. The Morgan fingerprint density at radius 1 is 1.07 bits per heavy atom. The number of amides is 1. The average molecular weight is 389 g/mol. The summed E-state index contributed by atoms with van der Waals surface area (Å²) in [6, 6.07) is 19.2. The van der Waals surface area contributed by atoms with Crippen molar-refractivity contribution in [1.82, 2.24) is 9.38 Å². The van der Waals surface area contributed by atoms with E-state index in [1.807, 2.05) is 61.5 Å². The fraction of sp³-hybridized carbons (Fsp3) is 0.136. The quantitative estimate of drug-likeness (QED) is 0.560. The summed E-state index contributed by atoms with van der Waals surface area (Å²) in [5, 5.41) is 5.15. The van der Waals surface area contributed by atoms with Gasteiger partial charge >= 0.3 is 0 Å². The summed E-state index contributed by atoms with van der Waals surface area (Å²) in [5.41, 5.74) is 2.97. The Morgan fingerprint density at radius 2 is 1.89 bits per heavy atom. The van der Waals surface area contributed by atoms with Crippen LogP contribution in [-0.2, 0) is 10.5 Å². The maximum Gasteiger partial charge on any atom is 0.258 e. The molecule has 0 saturated heterocycles. The van der Waals surface area contributed by atoms with Gasteiger partial charge in [0, 0.05) is 23.7 Å². The molecule has 1 N–H and O–H groups in total. The maximum atomic E-state index is 12.2. The number of aryl methyl sites for hydroxylation is 1. The van der Waals surface area contributed by atoms with E-state index in [1.54, 1.807) is 6.20 Å². The minimum atomic E-state index is -0.107. The fourth-order valence-corrected chi connectivity index (χ4v) is 3.76. The number of nitrogens with one attached hydrogen (secondary N) is 1. The highest BCUT2D eigenvalue weighted by atomic mass is 32.2. The lowest BCUT2D eigenvalue weighted by Crippen LogP contribution is -2.16. The number of pyridine rings is 1. The first-order chi connectivity index (χ1) is 13.6. The van der Waals surface area contributed by atoms with Gasteiger partial charge in [0.25, 0.3) is 5.56 Å². The van der Waals surface area contributed by atoms with Gasteiger partial charge in [0.2, 0.25) is 5.91 Å². The van der Waals surface area contributed by atoms with Crippen LogP contribution in [0.4, 0.5) is 5.69 Å². The zero-order valence-electron chi connectivity index (χ0n) is 15.4. The van der Waals surface area contributed by atoms with E-state index >= 15 is 0 Å². The number of fused-ring (bicyclic) bond motifs is 2. The van der Waals surface area contributed by atoms with E-state index in [1.165, 1.54) is 22.2 Å². The predicted molar refractivity (Wildman–Crippen MR) is 115 cm³/mol. The summed E-state index contributed by atoms with van der Waals surface area (Å²) < 4.78 is 1.54. The van der Waals surface area contributed by atoms with Crippen molar-refractivity contribution < 1.29 is 4.79 Å². The number of anilines is 1. The van der Waals surface area contributed by atoms with Crippen molar-refractivity contribution in [1.29, 1.82) is 0 Å². The molecule has 0 aliphatic rings. The molecule has 0 aliphatic heterocycles. The largest absolute Gasteiger partial charge is 0.325 e. The number of hydrogen-bond donors (Lipinski definition) is 1. The summed E-state index contributed by atoms with van der Waals surface area (Å²) in [4.78, 5) is 29.0. The second-order valence-corrected chi connectivity index (χ2v) is 7.61. The first-order valence-electron chi connectivity index (χ1n) is 8.94. The van der Waals surface area contributed by atoms with Gasteiger partial charge in [-0.05, 0) is 41.5 Å². The van der Waals surface area contributed by atoms with Crippen LogP contribution in [0.3, 0.4) is 0 Å². The molecule has 0 saturated carbocycles. The van der Waals surface area contributed by atoms with Gasteiger partial charge in [-0.3, -0.25) is 14.0 Å². The standard InChI is InChI=1S/C22H19N3O2S/c1-15-6-9-20-23-19(11-22(27)25(20)12-15)13-28-14-21(26)24-18-8-7-16-4-2-3-5-17(16)10-18/h2-12H,13-14H2,1H3,(H,24,26). The van der Waals surface area contributed by atoms with Gasteiger partial charge in [-0.25, -0.2) is 4.98 Å². The molecular weight excluding hydrogens is 370 g/mol. The van der Waals surface area contributed by atoms with E-state index in [0.717, 1.165) is 22.0 Å². The van der Waals surface area contributed by atoms with Gasteiger partial charge in [-0.2, -0.15) is 0 Å². The highest BCUT2D eigenvalue weighted by Gasteiger charge is 2.07. The second kappa shape index (κ2) is 7.86. The normalized spacial score (nSPS) is 11.0. The van der Waals surface area contributed by atoms with Gasteiger partial charge in [0.1, 0.15) is 5.65 Å². The Morgan fingerprint density at radius 3 is 2.75 bits per heavy atom. The van der Waals surface area contributed by atoms with Crippen molar-refractivity contribution in [3.63, 3.8) is 0 Å². The van der Waals surface area contributed by atoms with Crippen molar-refractivity contribution in [2.24, 2.45) is 0 Å². The Bertz CT molecular complexity index is 1230. The van der Waals surface area contributed by atoms with E-state index in [-0.39, 0.29) is 11.5 Å². The van der Waals surface area contributed by atoms with Crippen LogP contribution in [0.25, 0.3) is 16.4 Å². The van der Waals surface area contributed by atoms with Gasteiger partial charge in [0.05, 0.1) is 11.4 Å². The smallest absolute Gasteiger partial charge is 0.258 e. The molecule has 0 radical (unpaired) electrons. The lowest BCUT2D eigenvalue weighted by molar-refractivity contribution is -0.113. The molecule has 0 fully saturated rings. The Labute approximate surface area is 166 Å². The van der Waals surface area contributed by atoms with Crippen LogP contribution in [0.2, 0.25) is 0 Å². The first-order valence-corrected chi connectivity index (χ1v) is 10.1. The predicted octanol–water partition coefficient (Wildman–Crippen LogP) is 4.03. The SMILES string of the molecule is Cc1ccc2nc(CSCC(=O)Nc3ccc4ccccc4c3)cc(=O)n2c1. The number of carbonyl (C=O) groups excluding carboxylic acids is 1. The topological polar surface area (TPSA) is 63.5 Å². The molecule has 0 unspecified atom stereocenters. The van der Waals surface area contributed by atoms with Crippen LogP contribution in [-0.4, -0.2) is 21.0 Å². The number of hydrogen-bond acceptors (Lipinski definition) is 4. The molecule has 28 heavy (non-hydrogen) atoms. The lowest BCUT2D eigenvalue weighted by Gasteiger charge is -2.07. The Balaban J connectivity index is 1.37. The third-order valence-corrected chi connectivity index (χ3v) is 5.34. The molecular formula is C22H19N3O2S. The number of rotatable bonds is 5. The summed E-state index contributed by atoms with van der Waals surface area (Å²) in [7, 11) is 0. The molecule has 0 bridgehead atoms. The van der Waals surface area contributed by atoms with Gasteiger partial charge in [0.15, 0.2) is 0 Å². The number of aromatic nitrogens is 2. The molecule has 2 heterocycles. The van der Waals surface area contributed by atoms with E-state index in [4.69, 9.17) is 0 Å². The second-order valence-electron chi connectivity index (χ2n) is 6.62. The minimum Gasteiger partial charge on any atom is -0.325 e. The third-order valence-electron chi connectivity index (χ3n) is 4.38. The van der Waals surface area contributed by atoms with Crippen LogP contribution < -0.4 is 10.9 Å².